The van der Waals surface area contributed by atoms with Crippen molar-refractivity contribution in [3.05, 3.63) is 0 Å². The number of rotatable bonds is 7. The first-order valence-electron chi connectivity index (χ1n) is 5.54. The molecular formula is C11H23NO2. The van der Waals surface area contributed by atoms with Gasteiger partial charge in [0.15, 0.2) is 0 Å². The molecular weight excluding hydrogens is 178 g/mol. The zero-order valence-corrected chi connectivity index (χ0v) is 9.79. The smallest absolute Gasteiger partial charge is 0.317 e. The lowest BCUT2D eigenvalue weighted by molar-refractivity contribution is -0.139. The van der Waals surface area contributed by atoms with E-state index in [1.165, 1.54) is 0 Å². The zero-order chi connectivity index (χ0) is 11.1. The second-order valence-electron chi connectivity index (χ2n) is 3.79. The second-order valence-corrected chi connectivity index (χ2v) is 3.79. The van der Waals surface area contributed by atoms with E-state index < -0.39 is 5.97 Å². The Bertz CT molecular complexity index is 167. The van der Waals surface area contributed by atoms with Crippen LogP contribution in [0.15, 0.2) is 0 Å². The van der Waals surface area contributed by atoms with Crippen LogP contribution in [0.5, 0.6) is 0 Å². The standard InChI is InChI=1S/C11H23NO2/c1-5-9(4)12(8-11(13)14)10(6-2)7-3/h9-10H,5-8H2,1-4H3,(H,13,14). The van der Waals surface area contributed by atoms with Gasteiger partial charge < -0.3 is 5.11 Å². The monoisotopic (exact) mass is 201 g/mol. The number of hydrogen-bond acceptors (Lipinski definition) is 2. The molecule has 1 N–H and O–H groups in total. The molecule has 14 heavy (non-hydrogen) atoms. The van der Waals surface area contributed by atoms with Gasteiger partial charge in [0.05, 0.1) is 6.54 Å². The zero-order valence-electron chi connectivity index (χ0n) is 9.79. The maximum absolute atomic E-state index is 10.7. The van der Waals surface area contributed by atoms with Crippen molar-refractivity contribution in [1.82, 2.24) is 4.90 Å². The molecule has 3 heteroatoms. The summed E-state index contributed by atoms with van der Waals surface area (Å²) in [5.74, 6) is -0.725. The summed E-state index contributed by atoms with van der Waals surface area (Å²) in [6, 6.07) is 0.761. The van der Waals surface area contributed by atoms with E-state index in [-0.39, 0.29) is 6.54 Å². The molecule has 0 heterocycles. The number of carboxylic acids is 1. The molecule has 0 fully saturated rings. The molecule has 0 aliphatic rings. The highest BCUT2D eigenvalue weighted by Gasteiger charge is 2.21. The molecule has 0 aromatic carbocycles. The highest BCUT2D eigenvalue weighted by molar-refractivity contribution is 5.69. The van der Waals surface area contributed by atoms with E-state index in [0.717, 1.165) is 19.3 Å². The van der Waals surface area contributed by atoms with E-state index in [0.29, 0.717) is 12.1 Å². The number of hydrogen-bond donors (Lipinski definition) is 1. The molecule has 0 aliphatic carbocycles. The van der Waals surface area contributed by atoms with Gasteiger partial charge in [0.25, 0.3) is 0 Å². The summed E-state index contributed by atoms with van der Waals surface area (Å²) in [5.41, 5.74) is 0. The Balaban J connectivity index is 4.42. The van der Waals surface area contributed by atoms with Crippen LogP contribution in [-0.2, 0) is 4.79 Å². The van der Waals surface area contributed by atoms with Crippen molar-refractivity contribution in [2.45, 2.75) is 59.0 Å². The maximum atomic E-state index is 10.7. The summed E-state index contributed by atoms with van der Waals surface area (Å²) in [6.45, 7) is 8.60. The van der Waals surface area contributed by atoms with Crippen LogP contribution in [0.1, 0.15) is 47.0 Å². The van der Waals surface area contributed by atoms with Crippen molar-refractivity contribution in [2.24, 2.45) is 0 Å². The van der Waals surface area contributed by atoms with Gasteiger partial charge in [-0.05, 0) is 26.2 Å². The van der Waals surface area contributed by atoms with Crippen LogP contribution in [0.2, 0.25) is 0 Å². The summed E-state index contributed by atoms with van der Waals surface area (Å²) in [6.07, 6.45) is 3.05. The Kier molecular flexibility index (Phi) is 6.54. The molecule has 0 bridgehead atoms. The van der Waals surface area contributed by atoms with Gasteiger partial charge in [0.1, 0.15) is 0 Å². The molecule has 0 rings (SSSR count). The lowest BCUT2D eigenvalue weighted by Gasteiger charge is -2.33. The number of nitrogens with zero attached hydrogens (tertiary/aromatic N) is 1. The summed E-state index contributed by atoms with van der Waals surface area (Å²) < 4.78 is 0. The Labute approximate surface area is 87.1 Å². The lowest BCUT2D eigenvalue weighted by atomic mass is 10.1. The third kappa shape index (κ3) is 4.09. The summed E-state index contributed by atoms with van der Waals surface area (Å²) in [4.78, 5) is 12.8. The average Bonchev–Trinajstić information content (AvgIpc) is 2.16. The predicted molar refractivity (Wildman–Crippen MR) is 58.5 cm³/mol. The summed E-state index contributed by atoms with van der Waals surface area (Å²) >= 11 is 0. The Hall–Kier alpha value is -0.570. The predicted octanol–water partition coefficient (Wildman–Crippen LogP) is 2.36. The van der Waals surface area contributed by atoms with Crippen molar-refractivity contribution in [3.63, 3.8) is 0 Å². The van der Waals surface area contributed by atoms with Crippen LogP contribution in [0, 0.1) is 0 Å². The number of carboxylic acid groups (broad SMARTS) is 1. The van der Waals surface area contributed by atoms with Gasteiger partial charge in [-0.2, -0.15) is 0 Å². The highest BCUT2D eigenvalue weighted by Crippen LogP contribution is 2.14. The van der Waals surface area contributed by atoms with Crippen LogP contribution in [-0.4, -0.2) is 34.6 Å². The number of carbonyl (C=O) groups is 1. The highest BCUT2D eigenvalue weighted by atomic mass is 16.4. The number of aliphatic carboxylic acids is 1. The van der Waals surface area contributed by atoms with Gasteiger partial charge in [0.2, 0.25) is 0 Å². The van der Waals surface area contributed by atoms with Gasteiger partial charge in [-0.1, -0.05) is 20.8 Å². The molecule has 0 amide bonds. The SMILES string of the molecule is CCC(C)N(CC(=O)O)C(CC)CC. The van der Waals surface area contributed by atoms with Crippen molar-refractivity contribution in [1.29, 1.82) is 0 Å². The fraction of sp³-hybridized carbons (Fsp3) is 0.909. The minimum atomic E-state index is -0.725. The third-order valence-corrected chi connectivity index (χ3v) is 2.89. The molecule has 3 nitrogen and oxygen atoms in total. The summed E-state index contributed by atoms with van der Waals surface area (Å²) in [7, 11) is 0. The van der Waals surface area contributed by atoms with Crippen LogP contribution >= 0.6 is 0 Å². The van der Waals surface area contributed by atoms with Gasteiger partial charge in [-0.25, -0.2) is 0 Å². The third-order valence-electron chi connectivity index (χ3n) is 2.89. The van der Waals surface area contributed by atoms with Gasteiger partial charge in [-0.15, -0.1) is 0 Å². The van der Waals surface area contributed by atoms with Gasteiger partial charge in [-0.3, -0.25) is 9.69 Å². The molecule has 0 saturated heterocycles. The first-order chi connectivity index (χ1) is 6.56. The van der Waals surface area contributed by atoms with E-state index in [1.54, 1.807) is 0 Å². The van der Waals surface area contributed by atoms with E-state index in [1.807, 2.05) is 0 Å². The molecule has 0 radical (unpaired) electrons. The Morgan fingerprint density at radius 3 is 2.00 bits per heavy atom. The normalized spacial score (nSPS) is 13.6. The average molecular weight is 201 g/mol. The minimum Gasteiger partial charge on any atom is -0.480 e. The largest absolute Gasteiger partial charge is 0.480 e. The van der Waals surface area contributed by atoms with E-state index in [2.05, 4.69) is 32.6 Å². The molecule has 0 aromatic heterocycles. The Morgan fingerprint density at radius 1 is 1.21 bits per heavy atom. The Morgan fingerprint density at radius 2 is 1.71 bits per heavy atom. The molecule has 84 valence electrons. The molecule has 0 aromatic rings. The molecule has 1 atom stereocenters. The van der Waals surface area contributed by atoms with Crippen molar-refractivity contribution in [3.8, 4) is 0 Å². The first kappa shape index (κ1) is 13.4. The van der Waals surface area contributed by atoms with E-state index >= 15 is 0 Å². The van der Waals surface area contributed by atoms with E-state index in [4.69, 9.17) is 5.11 Å². The second kappa shape index (κ2) is 6.82. The van der Waals surface area contributed by atoms with Crippen molar-refractivity contribution >= 4 is 5.97 Å². The first-order valence-corrected chi connectivity index (χ1v) is 5.54. The molecule has 0 spiro atoms. The molecule has 1 unspecified atom stereocenters. The molecule has 0 saturated carbocycles. The van der Waals surface area contributed by atoms with Crippen LogP contribution < -0.4 is 0 Å². The van der Waals surface area contributed by atoms with Crippen LogP contribution in [0.25, 0.3) is 0 Å². The maximum Gasteiger partial charge on any atom is 0.317 e. The molecule has 0 aliphatic heterocycles. The van der Waals surface area contributed by atoms with E-state index in [9.17, 15) is 4.79 Å². The van der Waals surface area contributed by atoms with Gasteiger partial charge >= 0.3 is 5.97 Å². The van der Waals surface area contributed by atoms with Crippen molar-refractivity contribution < 1.29 is 9.90 Å². The quantitative estimate of drug-likeness (QED) is 0.687. The fourth-order valence-corrected chi connectivity index (χ4v) is 1.79. The topological polar surface area (TPSA) is 40.5 Å². The van der Waals surface area contributed by atoms with Crippen LogP contribution in [0.3, 0.4) is 0 Å². The lowest BCUT2D eigenvalue weighted by Crippen LogP contribution is -2.44. The fourth-order valence-electron chi connectivity index (χ4n) is 1.79. The van der Waals surface area contributed by atoms with Gasteiger partial charge in [0, 0.05) is 12.1 Å². The minimum absolute atomic E-state index is 0.168. The van der Waals surface area contributed by atoms with Crippen LogP contribution in [0.4, 0.5) is 0 Å². The summed E-state index contributed by atoms with van der Waals surface area (Å²) in [5, 5.41) is 8.83. The van der Waals surface area contributed by atoms with Crippen molar-refractivity contribution in [2.75, 3.05) is 6.54 Å².